The molecule has 1 aliphatic rings. The van der Waals surface area contributed by atoms with Crippen LogP contribution in [0.5, 0.6) is 5.75 Å². The molecule has 28 heavy (non-hydrogen) atoms. The van der Waals surface area contributed by atoms with Crippen LogP contribution in [0.4, 0.5) is 5.82 Å². The van der Waals surface area contributed by atoms with Gasteiger partial charge in [-0.1, -0.05) is 6.07 Å². The van der Waals surface area contributed by atoms with E-state index in [1.807, 2.05) is 49.0 Å². The van der Waals surface area contributed by atoms with E-state index in [-0.39, 0.29) is 11.9 Å². The Labute approximate surface area is 169 Å². The third kappa shape index (κ3) is 3.97. The Morgan fingerprint density at radius 2 is 2.07 bits per heavy atom. The molecular formula is C22H25N3O2S. The number of carbonyl (C=O) groups excluding carboxylic acids is 1. The van der Waals surface area contributed by atoms with Gasteiger partial charge in [0.1, 0.15) is 18.2 Å². The minimum absolute atomic E-state index is 0.115. The maximum atomic E-state index is 12.6. The number of thiophene rings is 1. The Morgan fingerprint density at radius 3 is 2.89 bits per heavy atom. The molecule has 2 aromatic heterocycles. The van der Waals surface area contributed by atoms with E-state index in [4.69, 9.17) is 4.74 Å². The summed E-state index contributed by atoms with van der Waals surface area (Å²) in [6, 6.07) is 10.3. The molecule has 0 bridgehead atoms. The van der Waals surface area contributed by atoms with Crippen molar-refractivity contribution >= 4 is 23.1 Å². The van der Waals surface area contributed by atoms with E-state index in [9.17, 15) is 4.79 Å². The number of rotatable bonds is 6. The van der Waals surface area contributed by atoms with E-state index in [1.54, 1.807) is 0 Å². The van der Waals surface area contributed by atoms with E-state index in [0.29, 0.717) is 11.5 Å². The first-order chi connectivity index (χ1) is 13.5. The van der Waals surface area contributed by atoms with Crippen molar-refractivity contribution in [2.75, 3.05) is 5.32 Å². The van der Waals surface area contributed by atoms with Crippen LogP contribution in [0.25, 0.3) is 0 Å². The summed E-state index contributed by atoms with van der Waals surface area (Å²) in [6.45, 7) is 6.48. The second-order valence-corrected chi connectivity index (χ2v) is 8.47. The van der Waals surface area contributed by atoms with Crippen LogP contribution in [-0.2, 0) is 19.4 Å². The molecule has 0 spiro atoms. The van der Waals surface area contributed by atoms with Gasteiger partial charge in [-0.25, -0.2) is 4.68 Å². The Balaban J connectivity index is 1.39. The van der Waals surface area contributed by atoms with Gasteiger partial charge in [0.25, 0.3) is 5.91 Å². The monoisotopic (exact) mass is 395 g/mol. The molecule has 0 fully saturated rings. The topological polar surface area (TPSA) is 56.1 Å². The molecule has 1 amide bonds. The Kier molecular flexibility index (Phi) is 5.22. The van der Waals surface area contributed by atoms with Gasteiger partial charge < -0.3 is 10.1 Å². The molecule has 1 aliphatic carbocycles. The van der Waals surface area contributed by atoms with Crippen LogP contribution < -0.4 is 10.1 Å². The summed E-state index contributed by atoms with van der Waals surface area (Å²) in [7, 11) is 0. The molecule has 1 aromatic carbocycles. The maximum Gasteiger partial charge on any atom is 0.266 e. The van der Waals surface area contributed by atoms with Crippen LogP contribution in [-0.4, -0.2) is 15.7 Å². The van der Waals surface area contributed by atoms with Crippen molar-refractivity contribution in [2.45, 2.75) is 52.7 Å². The Bertz CT molecular complexity index is 1000. The fraction of sp³-hybridized carbons (Fsp3) is 0.364. The molecule has 0 unspecified atom stereocenters. The molecule has 5 nitrogen and oxygen atoms in total. The molecule has 0 aliphatic heterocycles. The van der Waals surface area contributed by atoms with Crippen LogP contribution in [0.15, 0.2) is 35.7 Å². The highest BCUT2D eigenvalue weighted by Crippen LogP contribution is 2.27. The van der Waals surface area contributed by atoms with E-state index in [1.165, 1.54) is 35.3 Å². The second-order valence-electron chi connectivity index (χ2n) is 7.56. The molecule has 0 saturated heterocycles. The fourth-order valence-electron chi connectivity index (χ4n) is 3.56. The number of aryl methyl sites for hydroxylation is 3. The first-order valence-corrected chi connectivity index (χ1v) is 10.6. The number of nitrogens with zero attached hydrogens (tertiary/aromatic N) is 2. The maximum absolute atomic E-state index is 12.6. The van der Waals surface area contributed by atoms with Crippen molar-refractivity contribution in [2.24, 2.45) is 0 Å². The molecule has 0 saturated carbocycles. The summed E-state index contributed by atoms with van der Waals surface area (Å²) in [4.78, 5) is 13.3. The summed E-state index contributed by atoms with van der Waals surface area (Å²) in [6.07, 6.45) is 3.55. The van der Waals surface area contributed by atoms with Crippen molar-refractivity contribution in [1.82, 2.24) is 9.78 Å². The Hall–Kier alpha value is -2.60. The lowest BCUT2D eigenvalue weighted by molar-refractivity contribution is 0.102. The van der Waals surface area contributed by atoms with E-state index < -0.39 is 0 Å². The van der Waals surface area contributed by atoms with Gasteiger partial charge in [-0.05, 0) is 74.7 Å². The van der Waals surface area contributed by atoms with Crippen LogP contribution in [0.3, 0.4) is 0 Å². The van der Waals surface area contributed by atoms with Gasteiger partial charge in [0.2, 0.25) is 0 Å². The van der Waals surface area contributed by atoms with Crippen LogP contribution >= 0.6 is 11.3 Å². The van der Waals surface area contributed by atoms with Gasteiger partial charge >= 0.3 is 0 Å². The number of anilines is 1. The summed E-state index contributed by atoms with van der Waals surface area (Å²) in [5, 5.41) is 9.39. The number of fused-ring (bicyclic) bond motifs is 1. The molecule has 3 aromatic rings. The summed E-state index contributed by atoms with van der Waals surface area (Å²) in [5.74, 6) is 1.51. The quantitative estimate of drug-likeness (QED) is 0.628. The third-order valence-corrected chi connectivity index (χ3v) is 5.92. The first-order valence-electron chi connectivity index (χ1n) is 9.69. The number of hydrogen-bond donors (Lipinski definition) is 1. The largest absolute Gasteiger partial charge is 0.489 e. The predicted molar refractivity (Wildman–Crippen MR) is 112 cm³/mol. The minimum Gasteiger partial charge on any atom is -0.489 e. The first kappa shape index (κ1) is 18.7. The summed E-state index contributed by atoms with van der Waals surface area (Å²) >= 11 is 1.43. The molecule has 4 rings (SSSR count). The van der Waals surface area contributed by atoms with Gasteiger partial charge in [-0.15, -0.1) is 11.3 Å². The normalized spacial score (nSPS) is 13.0. The van der Waals surface area contributed by atoms with Crippen molar-refractivity contribution in [3.05, 3.63) is 63.0 Å². The number of carbonyl (C=O) groups is 1. The fourth-order valence-corrected chi connectivity index (χ4v) is 4.35. The minimum atomic E-state index is -0.115. The SMILES string of the molecule is Cc1cc(NC(=O)c2cc(COc3ccc4c(c3)CCC4)cs2)n(C(C)C)n1. The molecule has 1 N–H and O–H groups in total. The number of ether oxygens (including phenoxy) is 1. The highest BCUT2D eigenvalue weighted by atomic mass is 32.1. The number of hydrogen-bond acceptors (Lipinski definition) is 4. The zero-order valence-corrected chi connectivity index (χ0v) is 17.3. The zero-order valence-electron chi connectivity index (χ0n) is 16.5. The van der Waals surface area contributed by atoms with Gasteiger partial charge in [0.05, 0.1) is 10.6 Å². The molecule has 146 valence electrons. The predicted octanol–water partition coefficient (Wildman–Crippen LogP) is 5.15. The molecule has 0 atom stereocenters. The van der Waals surface area contributed by atoms with E-state index in [2.05, 4.69) is 22.5 Å². The van der Waals surface area contributed by atoms with E-state index >= 15 is 0 Å². The smallest absolute Gasteiger partial charge is 0.266 e. The second kappa shape index (κ2) is 7.80. The van der Waals surface area contributed by atoms with Crippen LogP contribution in [0.2, 0.25) is 0 Å². The van der Waals surface area contributed by atoms with Gasteiger partial charge in [0.15, 0.2) is 0 Å². The van der Waals surface area contributed by atoms with Crippen molar-refractivity contribution in [3.63, 3.8) is 0 Å². The lowest BCUT2D eigenvalue weighted by atomic mass is 10.1. The van der Waals surface area contributed by atoms with Crippen molar-refractivity contribution in [1.29, 1.82) is 0 Å². The Morgan fingerprint density at radius 1 is 1.25 bits per heavy atom. The highest BCUT2D eigenvalue weighted by molar-refractivity contribution is 7.12. The van der Waals surface area contributed by atoms with Crippen LogP contribution in [0.1, 0.15) is 58.4 Å². The average Bonchev–Trinajstić information content (AvgIpc) is 3.38. The summed E-state index contributed by atoms with van der Waals surface area (Å²) < 4.78 is 7.78. The van der Waals surface area contributed by atoms with Gasteiger partial charge in [-0.2, -0.15) is 5.10 Å². The van der Waals surface area contributed by atoms with E-state index in [0.717, 1.165) is 29.2 Å². The molecule has 2 heterocycles. The third-order valence-electron chi connectivity index (χ3n) is 4.94. The van der Waals surface area contributed by atoms with Crippen molar-refractivity contribution < 1.29 is 9.53 Å². The van der Waals surface area contributed by atoms with Gasteiger partial charge in [0, 0.05) is 17.7 Å². The lowest BCUT2D eigenvalue weighted by Crippen LogP contribution is -2.15. The molecule has 6 heteroatoms. The van der Waals surface area contributed by atoms with Crippen LogP contribution in [0, 0.1) is 6.92 Å². The highest BCUT2D eigenvalue weighted by Gasteiger charge is 2.15. The molecule has 0 radical (unpaired) electrons. The average molecular weight is 396 g/mol. The number of benzene rings is 1. The van der Waals surface area contributed by atoms with Gasteiger partial charge in [-0.3, -0.25) is 4.79 Å². The standard InChI is InChI=1S/C22H25N3O2S/c1-14(2)25-21(9-15(3)24-25)23-22(26)20-10-16(13-28-20)12-27-19-8-7-17-5-4-6-18(17)11-19/h7-11,13-14H,4-6,12H2,1-3H3,(H,23,26). The number of nitrogens with one attached hydrogen (secondary N) is 1. The molecular weight excluding hydrogens is 370 g/mol. The number of amides is 1. The number of aromatic nitrogens is 2. The summed E-state index contributed by atoms with van der Waals surface area (Å²) in [5.41, 5.74) is 4.74. The zero-order chi connectivity index (χ0) is 19.7. The van der Waals surface area contributed by atoms with Crippen molar-refractivity contribution in [3.8, 4) is 5.75 Å². The lowest BCUT2D eigenvalue weighted by Gasteiger charge is -2.11.